The Balaban J connectivity index is 1.10. The average Bonchev–Trinajstić information content (AvgIpc) is 3.44. The molecule has 6 rings (SSSR count). The predicted molar refractivity (Wildman–Crippen MR) is 179 cm³/mol. The molecule has 246 valence electrons. The van der Waals surface area contributed by atoms with Crippen LogP contribution in [0.15, 0.2) is 103 Å². The first-order chi connectivity index (χ1) is 23.3. The minimum absolute atomic E-state index is 0.0505. The maximum atomic E-state index is 14.0. The van der Waals surface area contributed by atoms with Gasteiger partial charge in [-0.2, -0.15) is 0 Å². The molecule has 0 radical (unpaired) electrons. The van der Waals surface area contributed by atoms with Crippen LogP contribution in [0, 0.1) is 5.92 Å². The maximum absolute atomic E-state index is 14.0. The lowest BCUT2D eigenvalue weighted by Crippen LogP contribution is -2.59. The number of nitrogens with zero attached hydrogens (tertiary/aromatic N) is 2. The first-order valence-electron chi connectivity index (χ1n) is 16.0. The summed E-state index contributed by atoms with van der Waals surface area (Å²) in [5.74, 6) is -1.40. The Kier molecular flexibility index (Phi) is 9.70. The summed E-state index contributed by atoms with van der Waals surface area (Å²) in [5, 5.41) is 7.93. The number of hydrogen-bond donors (Lipinski definition) is 2. The number of hydrazine groups is 1. The smallest absolute Gasteiger partial charge is 0.408 e. The van der Waals surface area contributed by atoms with Gasteiger partial charge in [-0.15, -0.1) is 0 Å². The van der Waals surface area contributed by atoms with Gasteiger partial charge in [0.2, 0.25) is 0 Å². The highest BCUT2D eigenvalue weighted by Crippen LogP contribution is 2.44. The number of hydrogen-bond acceptors (Lipinski definition) is 6. The molecule has 0 aromatic heterocycles. The first-order valence-corrected chi connectivity index (χ1v) is 16.0. The van der Waals surface area contributed by atoms with Gasteiger partial charge >= 0.3 is 12.2 Å². The third-order valence-electron chi connectivity index (χ3n) is 8.74. The highest BCUT2D eigenvalue weighted by Gasteiger charge is 2.37. The summed E-state index contributed by atoms with van der Waals surface area (Å²) in [6.07, 6.45) is -1.47. The van der Waals surface area contributed by atoms with E-state index in [-0.39, 0.29) is 44.7 Å². The van der Waals surface area contributed by atoms with Gasteiger partial charge in [-0.25, -0.2) is 19.6 Å². The number of ether oxygens (including phenoxy) is 2. The molecule has 0 unspecified atom stereocenters. The molecule has 0 saturated heterocycles. The summed E-state index contributed by atoms with van der Waals surface area (Å²) in [6.45, 7) is 3.63. The van der Waals surface area contributed by atoms with E-state index >= 15 is 0 Å². The molecule has 4 aromatic rings. The molecule has 0 fully saturated rings. The monoisotopic (exact) mass is 646 g/mol. The molecule has 48 heavy (non-hydrogen) atoms. The molecule has 10 nitrogen and oxygen atoms in total. The summed E-state index contributed by atoms with van der Waals surface area (Å²) < 4.78 is 11.0. The van der Waals surface area contributed by atoms with E-state index in [0.717, 1.165) is 38.9 Å². The van der Waals surface area contributed by atoms with Crippen LogP contribution >= 0.6 is 0 Å². The van der Waals surface area contributed by atoms with Gasteiger partial charge in [-0.3, -0.25) is 9.59 Å². The number of amides is 4. The average molecular weight is 647 g/mol. The van der Waals surface area contributed by atoms with Crippen molar-refractivity contribution in [2.24, 2.45) is 5.92 Å². The minimum Gasteiger partial charge on any atom is -0.449 e. The Morgan fingerprint density at radius 1 is 0.708 bits per heavy atom. The van der Waals surface area contributed by atoms with Gasteiger partial charge in [0.25, 0.3) is 11.8 Å². The number of benzene rings is 4. The summed E-state index contributed by atoms with van der Waals surface area (Å²) >= 11 is 0. The zero-order valence-electron chi connectivity index (χ0n) is 26.9. The van der Waals surface area contributed by atoms with Gasteiger partial charge in [-0.05, 0) is 44.9 Å². The van der Waals surface area contributed by atoms with Crippen LogP contribution in [0.5, 0.6) is 0 Å². The second kappa shape index (κ2) is 14.4. The van der Waals surface area contributed by atoms with Gasteiger partial charge in [-0.1, -0.05) is 117 Å². The van der Waals surface area contributed by atoms with Crippen LogP contribution in [0.4, 0.5) is 9.59 Å². The molecule has 2 aliphatic rings. The second-order valence-electron chi connectivity index (χ2n) is 12.2. The van der Waals surface area contributed by atoms with Crippen molar-refractivity contribution < 1.29 is 28.7 Å². The molecular weight excluding hydrogens is 608 g/mol. The van der Waals surface area contributed by atoms with Crippen molar-refractivity contribution in [3.05, 3.63) is 131 Å². The van der Waals surface area contributed by atoms with Crippen LogP contribution in [-0.4, -0.2) is 53.2 Å². The molecule has 10 heteroatoms. The third kappa shape index (κ3) is 7.02. The van der Waals surface area contributed by atoms with Crippen molar-refractivity contribution in [1.82, 2.24) is 20.7 Å². The highest BCUT2D eigenvalue weighted by atomic mass is 16.6. The number of carbonyl (C=O) groups excluding carboxylic acids is 4. The van der Waals surface area contributed by atoms with E-state index in [0.29, 0.717) is 0 Å². The molecule has 2 N–H and O–H groups in total. The summed E-state index contributed by atoms with van der Waals surface area (Å²) in [7, 11) is 0. The molecule has 1 aliphatic heterocycles. The van der Waals surface area contributed by atoms with Gasteiger partial charge in [0.05, 0.1) is 13.1 Å². The lowest BCUT2D eigenvalue weighted by Gasteiger charge is -2.41. The summed E-state index contributed by atoms with van der Waals surface area (Å²) in [6, 6.07) is 31.9. The fourth-order valence-electron chi connectivity index (χ4n) is 6.23. The Hall–Kier alpha value is -5.64. The Bertz CT molecular complexity index is 1760. The molecule has 1 aliphatic carbocycles. The Labute approximate surface area is 279 Å². The molecule has 0 spiro atoms. The maximum Gasteiger partial charge on any atom is 0.408 e. The van der Waals surface area contributed by atoms with E-state index in [1.54, 1.807) is 0 Å². The van der Waals surface area contributed by atoms with Crippen LogP contribution in [0.2, 0.25) is 0 Å². The number of carbonyl (C=O) groups is 4. The van der Waals surface area contributed by atoms with Crippen molar-refractivity contribution >= 4 is 24.0 Å². The second-order valence-corrected chi connectivity index (χ2v) is 12.2. The van der Waals surface area contributed by atoms with E-state index in [1.807, 2.05) is 105 Å². The Morgan fingerprint density at radius 3 is 1.90 bits per heavy atom. The standard InChI is InChI=1S/C38H38N4O6/c1-25(2)35(40-38(46)47-23-26-12-4-3-5-13-26)36(44)42-22-28-15-7-6-14-27(28)21-41(42)34(43)20-39-37(45)48-24-33-31-18-10-8-16-29(31)30-17-9-11-19-32(30)33/h3-19,25,33,35H,20-24H2,1-2H3,(H,39,45)(H,40,46)/t35-/m0/s1. The number of rotatable bonds is 9. The number of fused-ring (bicyclic) bond motifs is 4. The van der Waals surface area contributed by atoms with E-state index in [9.17, 15) is 19.2 Å². The molecule has 1 heterocycles. The molecule has 0 bridgehead atoms. The van der Waals surface area contributed by atoms with Gasteiger partial charge < -0.3 is 20.1 Å². The molecule has 4 amide bonds. The lowest BCUT2D eigenvalue weighted by molar-refractivity contribution is -0.170. The molecular formula is C38H38N4O6. The van der Waals surface area contributed by atoms with E-state index in [4.69, 9.17) is 9.47 Å². The summed E-state index contributed by atoms with van der Waals surface area (Å²) in [4.78, 5) is 53.3. The zero-order valence-corrected chi connectivity index (χ0v) is 26.9. The quantitative estimate of drug-likeness (QED) is 0.239. The fourth-order valence-corrected chi connectivity index (χ4v) is 6.23. The van der Waals surface area contributed by atoms with Gasteiger partial charge in [0.1, 0.15) is 25.8 Å². The van der Waals surface area contributed by atoms with Crippen molar-refractivity contribution in [3.63, 3.8) is 0 Å². The fraction of sp³-hybridized carbons (Fsp3) is 0.263. The highest BCUT2D eigenvalue weighted by molar-refractivity contribution is 5.89. The van der Waals surface area contributed by atoms with E-state index in [1.165, 1.54) is 10.0 Å². The normalized spacial score (nSPS) is 14.0. The third-order valence-corrected chi connectivity index (χ3v) is 8.74. The van der Waals surface area contributed by atoms with Crippen LogP contribution in [0.1, 0.15) is 47.6 Å². The molecule has 0 saturated carbocycles. The van der Waals surface area contributed by atoms with Crippen LogP contribution < -0.4 is 10.6 Å². The zero-order chi connectivity index (χ0) is 33.6. The van der Waals surface area contributed by atoms with Crippen LogP contribution in [-0.2, 0) is 38.8 Å². The molecule has 1 atom stereocenters. The number of alkyl carbamates (subject to hydrolysis) is 2. The van der Waals surface area contributed by atoms with Crippen LogP contribution in [0.3, 0.4) is 0 Å². The first kappa shape index (κ1) is 32.3. The van der Waals surface area contributed by atoms with E-state index < -0.39 is 30.0 Å². The van der Waals surface area contributed by atoms with Crippen molar-refractivity contribution in [2.75, 3.05) is 13.2 Å². The van der Waals surface area contributed by atoms with E-state index in [2.05, 4.69) is 22.8 Å². The largest absolute Gasteiger partial charge is 0.449 e. The van der Waals surface area contributed by atoms with Crippen molar-refractivity contribution in [3.8, 4) is 11.1 Å². The summed E-state index contributed by atoms with van der Waals surface area (Å²) in [5.41, 5.74) is 6.98. The Morgan fingerprint density at radius 2 is 1.27 bits per heavy atom. The van der Waals surface area contributed by atoms with Crippen molar-refractivity contribution in [2.45, 2.75) is 45.5 Å². The predicted octanol–water partition coefficient (Wildman–Crippen LogP) is 5.76. The molecule has 4 aromatic carbocycles. The lowest BCUT2D eigenvalue weighted by atomic mass is 9.98. The van der Waals surface area contributed by atoms with Crippen molar-refractivity contribution in [1.29, 1.82) is 0 Å². The topological polar surface area (TPSA) is 117 Å². The number of nitrogens with one attached hydrogen (secondary N) is 2. The SMILES string of the molecule is CC(C)[C@H](NC(=O)OCc1ccccc1)C(=O)N1Cc2ccccc2CN1C(=O)CNC(=O)OCC1c2ccccc2-c2ccccc21. The van der Waals surface area contributed by atoms with Gasteiger partial charge in [0, 0.05) is 5.92 Å². The van der Waals surface area contributed by atoms with Gasteiger partial charge in [0.15, 0.2) is 0 Å². The minimum atomic E-state index is -0.969. The van der Waals surface area contributed by atoms with Crippen LogP contribution in [0.25, 0.3) is 11.1 Å².